The Balaban J connectivity index is 1.69. The van der Waals surface area contributed by atoms with Gasteiger partial charge >= 0.3 is 0 Å². The van der Waals surface area contributed by atoms with Crippen molar-refractivity contribution in [2.75, 3.05) is 14.1 Å². The van der Waals surface area contributed by atoms with Crippen LogP contribution in [0.5, 0.6) is 0 Å². The zero-order chi connectivity index (χ0) is 17.1. The van der Waals surface area contributed by atoms with E-state index in [9.17, 15) is 9.59 Å². The molecular formula is C20H22N2O2. The molecule has 0 saturated carbocycles. The van der Waals surface area contributed by atoms with Gasteiger partial charge in [-0.05, 0) is 60.2 Å². The molecule has 1 N–H and O–H groups in total. The van der Waals surface area contributed by atoms with Crippen LogP contribution in [0, 0.1) is 0 Å². The third kappa shape index (κ3) is 3.32. The number of benzene rings is 2. The molecule has 24 heavy (non-hydrogen) atoms. The molecule has 2 amide bonds. The molecule has 0 radical (unpaired) electrons. The quantitative estimate of drug-likeness (QED) is 0.941. The lowest BCUT2D eigenvalue weighted by atomic mass is 10.1. The SMILES string of the molecule is CNC(=O)c1ccc(CN(C)C(=O)c2ccc3c(c2)CCC3)cc1. The summed E-state index contributed by atoms with van der Waals surface area (Å²) in [6, 6.07) is 13.4. The van der Waals surface area contributed by atoms with Gasteiger partial charge < -0.3 is 10.2 Å². The van der Waals surface area contributed by atoms with E-state index in [1.165, 1.54) is 17.5 Å². The fourth-order valence-corrected chi connectivity index (χ4v) is 3.18. The van der Waals surface area contributed by atoms with Gasteiger partial charge in [-0.2, -0.15) is 0 Å². The maximum atomic E-state index is 12.6. The zero-order valence-electron chi connectivity index (χ0n) is 14.1. The summed E-state index contributed by atoms with van der Waals surface area (Å²) in [6.45, 7) is 0.518. The first-order valence-corrected chi connectivity index (χ1v) is 8.27. The molecule has 1 aliphatic carbocycles. The van der Waals surface area contributed by atoms with Crippen LogP contribution in [-0.2, 0) is 19.4 Å². The molecule has 2 aromatic carbocycles. The molecule has 4 nitrogen and oxygen atoms in total. The summed E-state index contributed by atoms with van der Waals surface area (Å²) in [4.78, 5) is 25.9. The first kappa shape index (κ1) is 16.2. The molecule has 1 aliphatic rings. The predicted octanol–water partition coefficient (Wildman–Crippen LogP) is 2.81. The average Bonchev–Trinajstić information content (AvgIpc) is 3.08. The Bertz CT molecular complexity index is 766. The van der Waals surface area contributed by atoms with E-state index >= 15 is 0 Å². The van der Waals surface area contributed by atoms with Crippen LogP contribution in [0.2, 0.25) is 0 Å². The van der Waals surface area contributed by atoms with Crippen molar-refractivity contribution in [3.8, 4) is 0 Å². The fourth-order valence-electron chi connectivity index (χ4n) is 3.18. The van der Waals surface area contributed by atoms with Gasteiger partial charge in [-0.1, -0.05) is 18.2 Å². The minimum absolute atomic E-state index is 0.0278. The Hall–Kier alpha value is -2.62. The lowest BCUT2D eigenvalue weighted by molar-refractivity contribution is 0.0784. The molecule has 124 valence electrons. The highest BCUT2D eigenvalue weighted by molar-refractivity contribution is 5.95. The molecule has 3 rings (SSSR count). The molecule has 4 heteroatoms. The molecular weight excluding hydrogens is 300 g/mol. The van der Waals surface area contributed by atoms with Crippen molar-refractivity contribution in [2.45, 2.75) is 25.8 Å². The molecule has 0 aliphatic heterocycles. The third-order valence-electron chi connectivity index (χ3n) is 4.56. The van der Waals surface area contributed by atoms with Gasteiger partial charge in [0.1, 0.15) is 0 Å². The summed E-state index contributed by atoms with van der Waals surface area (Å²) < 4.78 is 0. The summed E-state index contributed by atoms with van der Waals surface area (Å²) >= 11 is 0. The summed E-state index contributed by atoms with van der Waals surface area (Å²) in [5.74, 6) is -0.0794. The highest BCUT2D eigenvalue weighted by Gasteiger charge is 2.16. The van der Waals surface area contributed by atoms with E-state index in [1.54, 1.807) is 24.1 Å². The molecule has 0 aromatic heterocycles. The lowest BCUT2D eigenvalue weighted by Gasteiger charge is -2.18. The summed E-state index contributed by atoms with van der Waals surface area (Å²) in [6.07, 6.45) is 3.37. The van der Waals surface area contributed by atoms with E-state index in [2.05, 4.69) is 11.4 Å². The van der Waals surface area contributed by atoms with Crippen LogP contribution >= 0.6 is 0 Å². The highest BCUT2D eigenvalue weighted by Crippen LogP contribution is 2.23. The van der Waals surface area contributed by atoms with E-state index in [1.807, 2.05) is 31.3 Å². The summed E-state index contributed by atoms with van der Waals surface area (Å²) in [5.41, 5.74) is 5.05. The second-order valence-electron chi connectivity index (χ2n) is 6.27. The fraction of sp³-hybridized carbons (Fsp3) is 0.300. The number of hydrogen-bond donors (Lipinski definition) is 1. The third-order valence-corrected chi connectivity index (χ3v) is 4.56. The number of fused-ring (bicyclic) bond motifs is 1. The number of carbonyl (C=O) groups is 2. The van der Waals surface area contributed by atoms with Crippen LogP contribution in [0.15, 0.2) is 42.5 Å². The summed E-state index contributed by atoms with van der Waals surface area (Å²) in [5, 5.41) is 2.60. The Morgan fingerprint density at radius 1 is 1.00 bits per heavy atom. The van der Waals surface area contributed by atoms with E-state index < -0.39 is 0 Å². The van der Waals surface area contributed by atoms with Crippen LogP contribution < -0.4 is 5.32 Å². The van der Waals surface area contributed by atoms with E-state index in [-0.39, 0.29) is 11.8 Å². The van der Waals surface area contributed by atoms with Crippen molar-refractivity contribution in [2.24, 2.45) is 0 Å². The second-order valence-corrected chi connectivity index (χ2v) is 6.27. The van der Waals surface area contributed by atoms with Crippen molar-refractivity contribution in [3.63, 3.8) is 0 Å². The predicted molar refractivity (Wildman–Crippen MR) is 94.1 cm³/mol. The molecule has 0 unspecified atom stereocenters. The first-order valence-electron chi connectivity index (χ1n) is 8.27. The standard InChI is InChI=1S/C20H22N2O2/c1-21-19(23)16-8-6-14(7-9-16)13-22(2)20(24)18-11-10-15-4-3-5-17(15)12-18/h6-12H,3-5,13H2,1-2H3,(H,21,23). The van der Waals surface area contributed by atoms with Gasteiger partial charge in [-0.25, -0.2) is 0 Å². The minimum atomic E-state index is -0.107. The molecule has 0 heterocycles. The van der Waals surface area contributed by atoms with Crippen LogP contribution in [0.3, 0.4) is 0 Å². The number of carbonyl (C=O) groups excluding carboxylic acids is 2. The number of hydrogen-bond acceptors (Lipinski definition) is 2. The molecule has 0 bridgehead atoms. The van der Waals surface area contributed by atoms with Gasteiger partial charge in [0, 0.05) is 31.8 Å². The Labute approximate surface area is 142 Å². The number of nitrogens with one attached hydrogen (secondary N) is 1. The molecule has 0 spiro atoms. The maximum Gasteiger partial charge on any atom is 0.253 e. The Morgan fingerprint density at radius 3 is 2.38 bits per heavy atom. The first-order chi connectivity index (χ1) is 11.6. The number of aryl methyl sites for hydroxylation is 2. The minimum Gasteiger partial charge on any atom is -0.355 e. The molecule has 0 saturated heterocycles. The summed E-state index contributed by atoms with van der Waals surface area (Å²) in [7, 11) is 3.42. The van der Waals surface area contributed by atoms with Gasteiger partial charge in [0.05, 0.1) is 0 Å². The molecule has 0 fully saturated rings. The van der Waals surface area contributed by atoms with Crippen molar-refractivity contribution >= 4 is 11.8 Å². The van der Waals surface area contributed by atoms with Crippen LogP contribution in [-0.4, -0.2) is 30.8 Å². The highest BCUT2D eigenvalue weighted by atomic mass is 16.2. The Morgan fingerprint density at radius 2 is 1.67 bits per heavy atom. The average molecular weight is 322 g/mol. The smallest absolute Gasteiger partial charge is 0.253 e. The lowest BCUT2D eigenvalue weighted by Crippen LogP contribution is -2.26. The monoisotopic (exact) mass is 322 g/mol. The van der Waals surface area contributed by atoms with Crippen molar-refractivity contribution in [1.29, 1.82) is 0 Å². The normalized spacial score (nSPS) is 12.6. The van der Waals surface area contributed by atoms with Crippen molar-refractivity contribution in [1.82, 2.24) is 10.2 Å². The van der Waals surface area contributed by atoms with Gasteiger partial charge in [0.2, 0.25) is 0 Å². The van der Waals surface area contributed by atoms with E-state index in [0.29, 0.717) is 12.1 Å². The second kappa shape index (κ2) is 6.87. The van der Waals surface area contributed by atoms with Gasteiger partial charge in [0.25, 0.3) is 11.8 Å². The van der Waals surface area contributed by atoms with Gasteiger partial charge in [-0.3, -0.25) is 9.59 Å². The largest absolute Gasteiger partial charge is 0.355 e. The van der Waals surface area contributed by atoms with Crippen molar-refractivity contribution < 1.29 is 9.59 Å². The van der Waals surface area contributed by atoms with E-state index in [0.717, 1.165) is 24.0 Å². The van der Waals surface area contributed by atoms with Gasteiger partial charge in [-0.15, -0.1) is 0 Å². The molecule has 0 atom stereocenters. The topological polar surface area (TPSA) is 49.4 Å². The van der Waals surface area contributed by atoms with E-state index in [4.69, 9.17) is 0 Å². The number of amides is 2. The maximum absolute atomic E-state index is 12.6. The van der Waals surface area contributed by atoms with Crippen LogP contribution in [0.1, 0.15) is 43.8 Å². The Kier molecular flexibility index (Phi) is 4.65. The number of nitrogens with zero attached hydrogens (tertiary/aromatic N) is 1. The van der Waals surface area contributed by atoms with Crippen LogP contribution in [0.25, 0.3) is 0 Å². The van der Waals surface area contributed by atoms with Crippen LogP contribution in [0.4, 0.5) is 0 Å². The number of rotatable bonds is 4. The molecule has 2 aromatic rings. The van der Waals surface area contributed by atoms with Gasteiger partial charge in [0.15, 0.2) is 0 Å². The zero-order valence-corrected chi connectivity index (χ0v) is 14.1. The van der Waals surface area contributed by atoms with Crippen molar-refractivity contribution in [3.05, 3.63) is 70.3 Å².